The van der Waals surface area contributed by atoms with E-state index in [1.807, 2.05) is 0 Å². The van der Waals surface area contributed by atoms with Crippen LogP contribution in [0.15, 0.2) is 60.7 Å². The summed E-state index contributed by atoms with van der Waals surface area (Å²) in [4.78, 5) is 36.9. The Morgan fingerprint density at radius 1 is 0.722 bits per heavy atom. The lowest BCUT2D eigenvalue weighted by Crippen LogP contribution is -2.14. The molecule has 36 heavy (non-hydrogen) atoms. The third-order valence-electron chi connectivity index (χ3n) is 4.89. The number of carbonyl (C=O) groups excluding carboxylic acids is 3. The summed E-state index contributed by atoms with van der Waals surface area (Å²) in [5.41, 5.74) is 1.57. The minimum Gasteiger partial charge on any atom is -0.493 e. The molecule has 10 heteroatoms. The van der Waals surface area contributed by atoms with E-state index in [4.69, 9.17) is 23.7 Å². The van der Waals surface area contributed by atoms with Crippen molar-refractivity contribution in [3.63, 3.8) is 0 Å². The normalized spacial score (nSPS) is 10.1. The van der Waals surface area contributed by atoms with E-state index in [0.29, 0.717) is 39.8 Å². The fourth-order valence-corrected chi connectivity index (χ4v) is 3.21. The Labute approximate surface area is 208 Å². The van der Waals surface area contributed by atoms with Crippen molar-refractivity contribution in [3.8, 4) is 23.0 Å². The highest BCUT2D eigenvalue weighted by molar-refractivity contribution is 6.07. The molecule has 2 amide bonds. The van der Waals surface area contributed by atoms with Crippen LogP contribution in [0, 0.1) is 0 Å². The van der Waals surface area contributed by atoms with E-state index >= 15 is 0 Å². The fourth-order valence-electron chi connectivity index (χ4n) is 3.21. The Morgan fingerprint density at radius 3 is 1.78 bits per heavy atom. The summed E-state index contributed by atoms with van der Waals surface area (Å²) < 4.78 is 25.6. The van der Waals surface area contributed by atoms with E-state index < -0.39 is 12.1 Å². The predicted molar refractivity (Wildman–Crippen MR) is 133 cm³/mol. The fraction of sp³-hybridized carbons (Fsp3) is 0.192. The molecule has 0 saturated heterocycles. The third kappa shape index (κ3) is 6.44. The van der Waals surface area contributed by atoms with Gasteiger partial charge in [-0.3, -0.25) is 9.59 Å². The highest BCUT2D eigenvalue weighted by Gasteiger charge is 2.17. The zero-order valence-electron chi connectivity index (χ0n) is 20.2. The van der Waals surface area contributed by atoms with Crippen LogP contribution in [0.5, 0.6) is 23.0 Å². The van der Waals surface area contributed by atoms with Gasteiger partial charge in [-0.1, -0.05) is 6.07 Å². The number of hydrogen-bond acceptors (Lipinski definition) is 8. The maximum atomic E-state index is 12.9. The first-order valence-corrected chi connectivity index (χ1v) is 10.9. The largest absolute Gasteiger partial charge is 0.513 e. The van der Waals surface area contributed by atoms with Crippen molar-refractivity contribution in [2.45, 2.75) is 6.92 Å². The Bertz CT molecular complexity index is 1220. The first kappa shape index (κ1) is 25.9. The molecule has 0 fully saturated rings. The first-order valence-electron chi connectivity index (χ1n) is 10.9. The maximum Gasteiger partial charge on any atom is 0.513 e. The molecule has 0 saturated carbocycles. The van der Waals surface area contributed by atoms with Gasteiger partial charge in [0.05, 0.1) is 27.9 Å². The zero-order chi connectivity index (χ0) is 26.1. The minimum atomic E-state index is -0.819. The predicted octanol–water partition coefficient (Wildman–Crippen LogP) is 4.75. The van der Waals surface area contributed by atoms with E-state index in [9.17, 15) is 14.4 Å². The number of carbonyl (C=O) groups is 3. The molecule has 0 bridgehead atoms. The van der Waals surface area contributed by atoms with Crippen molar-refractivity contribution >= 4 is 29.3 Å². The summed E-state index contributed by atoms with van der Waals surface area (Å²) in [7, 11) is 4.41. The van der Waals surface area contributed by atoms with Gasteiger partial charge in [-0.2, -0.15) is 0 Å². The first-order chi connectivity index (χ1) is 17.4. The van der Waals surface area contributed by atoms with Gasteiger partial charge in [0, 0.05) is 22.5 Å². The van der Waals surface area contributed by atoms with Gasteiger partial charge >= 0.3 is 6.16 Å². The van der Waals surface area contributed by atoms with Crippen LogP contribution in [0.2, 0.25) is 0 Å². The SMILES string of the molecule is CCOC(=O)Oc1ccc(C(=O)Nc2cccc(NC(=O)c3cc(OC)c(OC)c(OC)c3)c2)cc1. The second-order valence-electron chi connectivity index (χ2n) is 7.21. The van der Waals surface area contributed by atoms with E-state index in [0.717, 1.165) is 0 Å². The molecular weight excluding hydrogens is 468 g/mol. The van der Waals surface area contributed by atoms with Gasteiger partial charge in [0.15, 0.2) is 11.5 Å². The topological polar surface area (TPSA) is 121 Å². The van der Waals surface area contributed by atoms with Crippen LogP contribution in [-0.2, 0) is 4.74 Å². The van der Waals surface area contributed by atoms with Crippen molar-refractivity contribution < 1.29 is 38.1 Å². The molecule has 0 unspecified atom stereocenters. The molecule has 0 aliphatic carbocycles. The van der Waals surface area contributed by atoms with Crippen molar-refractivity contribution in [2.24, 2.45) is 0 Å². The summed E-state index contributed by atoms with van der Waals surface area (Å²) in [5, 5.41) is 5.55. The highest BCUT2D eigenvalue weighted by atomic mass is 16.7. The summed E-state index contributed by atoms with van der Waals surface area (Å²) in [6.45, 7) is 1.86. The third-order valence-corrected chi connectivity index (χ3v) is 4.89. The molecule has 3 aromatic carbocycles. The van der Waals surface area contributed by atoms with Gasteiger partial charge in [-0.25, -0.2) is 4.79 Å². The van der Waals surface area contributed by atoms with Crippen LogP contribution in [0.25, 0.3) is 0 Å². The molecule has 0 atom stereocenters. The lowest BCUT2D eigenvalue weighted by Gasteiger charge is -2.14. The van der Waals surface area contributed by atoms with Crippen LogP contribution >= 0.6 is 0 Å². The smallest absolute Gasteiger partial charge is 0.493 e. The molecule has 3 rings (SSSR count). The molecule has 0 heterocycles. The van der Waals surface area contributed by atoms with Crippen LogP contribution in [0.1, 0.15) is 27.6 Å². The maximum absolute atomic E-state index is 12.9. The molecule has 3 aromatic rings. The number of nitrogens with one attached hydrogen (secondary N) is 2. The van der Waals surface area contributed by atoms with Crippen LogP contribution < -0.4 is 29.6 Å². The zero-order valence-corrected chi connectivity index (χ0v) is 20.2. The van der Waals surface area contributed by atoms with Gasteiger partial charge in [-0.05, 0) is 61.5 Å². The number of anilines is 2. The molecule has 0 aliphatic rings. The van der Waals surface area contributed by atoms with Crippen LogP contribution in [-0.4, -0.2) is 45.9 Å². The second-order valence-corrected chi connectivity index (χ2v) is 7.21. The van der Waals surface area contributed by atoms with Gasteiger partial charge in [-0.15, -0.1) is 0 Å². The van der Waals surface area contributed by atoms with Gasteiger partial charge < -0.3 is 34.3 Å². The minimum absolute atomic E-state index is 0.196. The van der Waals surface area contributed by atoms with Gasteiger partial charge in [0.2, 0.25) is 5.75 Å². The molecule has 0 aromatic heterocycles. The lowest BCUT2D eigenvalue weighted by molar-refractivity contribution is 0.101. The van der Waals surface area contributed by atoms with Crippen LogP contribution in [0.3, 0.4) is 0 Å². The van der Waals surface area contributed by atoms with E-state index in [2.05, 4.69) is 10.6 Å². The summed E-state index contributed by atoms with van der Waals surface area (Å²) in [5.74, 6) is 0.535. The molecule has 2 N–H and O–H groups in total. The Kier molecular flexibility index (Phi) is 8.71. The number of amides is 2. The number of methoxy groups -OCH3 is 3. The van der Waals surface area contributed by atoms with Crippen molar-refractivity contribution in [1.29, 1.82) is 0 Å². The molecule has 0 spiro atoms. The molecular formula is C26H26N2O8. The quantitative estimate of drug-likeness (QED) is 0.323. The molecule has 188 valence electrons. The number of hydrogen-bond donors (Lipinski definition) is 2. The number of ether oxygens (including phenoxy) is 5. The van der Waals surface area contributed by atoms with Gasteiger partial charge in [0.1, 0.15) is 5.75 Å². The second kappa shape index (κ2) is 12.1. The highest BCUT2D eigenvalue weighted by Crippen LogP contribution is 2.38. The average molecular weight is 495 g/mol. The van der Waals surface area contributed by atoms with E-state index in [-0.39, 0.29) is 18.3 Å². The van der Waals surface area contributed by atoms with Crippen molar-refractivity contribution in [2.75, 3.05) is 38.6 Å². The van der Waals surface area contributed by atoms with Crippen molar-refractivity contribution in [1.82, 2.24) is 0 Å². The molecule has 0 aliphatic heterocycles. The molecule has 10 nitrogen and oxygen atoms in total. The van der Waals surface area contributed by atoms with Crippen molar-refractivity contribution in [3.05, 3.63) is 71.8 Å². The monoisotopic (exact) mass is 494 g/mol. The van der Waals surface area contributed by atoms with Gasteiger partial charge in [0.25, 0.3) is 11.8 Å². The van der Waals surface area contributed by atoms with E-state index in [1.54, 1.807) is 31.2 Å². The number of rotatable bonds is 9. The lowest BCUT2D eigenvalue weighted by atomic mass is 10.1. The average Bonchev–Trinajstić information content (AvgIpc) is 2.88. The summed E-state index contributed by atoms with van der Waals surface area (Å²) in [6, 6.07) is 15.8. The molecule has 0 radical (unpaired) electrons. The van der Waals surface area contributed by atoms with Crippen LogP contribution in [0.4, 0.5) is 16.2 Å². The summed E-state index contributed by atoms with van der Waals surface area (Å²) in [6.07, 6.45) is -0.819. The number of benzene rings is 3. The Balaban J connectivity index is 1.69. The van der Waals surface area contributed by atoms with E-state index in [1.165, 1.54) is 57.7 Å². The Hall–Kier alpha value is -4.73. The Morgan fingerprint density at radius 2 is 1.28 bits per heavy atom. The standard InChI is InChI=1S/C26H26N2O8/c1-5-35-26(31)36-20-11-9-16(10-12-20)24(29)27-18-7-6-8-19(15-18)28-25(30)17-13-21(32-2)23(34-4)22(14-17)33-3/h6-15H,5H2,1-4H3,(H,27,29)(H,28,30). The summed E-state index contributed by atoms with van der Waals surface area (Å²) >= 11 is 0.